The lowest BCUT2D eigenvalue weighted by atomic mass is 9.96. The quantitative estimate of drug-likeness (QED) is 0.742. The molecule has 0 bridgehead atoms. The molecule has 0 aromatic heterocycles. The van der Waals surface area contributed by atoms with Crippen molar-refractivity contribution in [3.05, 3.63) is 0 Å². The Bertz CT molecular complexity index is 259. The van der Waals surface area contributed by atoms with E-state index in [1.165, 1.54) is 51.4 Å². The van der Waals surface area contributed by atoms with Crippen molar-refractivity contribution in [1.82, 2.24) is 10.6 Å². The van der Waals surface area contributed by atoms with Crippen LogP contribution in [0, 0.1) is 5.92 Å². The van der Waals surface area contributed by atoms with Gasteiger partial charge in [0.25, 0.3) is 0 Å². The molecule has 2 N–H and O–H groups in total. The van der Waals surface area contributed by atoms with Gasteiger partial charge >= 0.3 is 0 Å². The summed E-state index contributed by atoms with van der Waals surface area (Å²) in [6.07, 6.45) is 11.0. The molecule has 1 aliphatic carbocycles. The van der Waals surface area contributed by atoms with Crippen LogP contribution in [0.5, 0.6) is 0 Å². The summed E-state index contributed by atoms with van der Waals surface area (Å²) in [4.78, 5) is 12.3. The third-order valence-electron chi connectivity index (χ3n) is 4.57. The highest BCUT2D eigenvalue weighted by Gasteiger charge is 2.25. The van der Waals surface area contributed by atoms with Crippen molar-refractivity contribution in [1.29, 1.82) is 0 Å². The fourth-order valence-corrected chi connectivity index (χ4v) is 3.24. The van der Waals surface area contributed by atoms with Crippen molar-refractivity contribution in [2.24, 2.45) is 5.92 Å². The summed E-state index contributed by atoms with van der Waals surface area (Å²) in [7, 11) is 0. The third kappa shape index (κ3) is 3.98. The molecule has 1 aliphatic heterocycles. The predicted octanol–water partition coefficient (Wildman–Crippen LogP) is 2.60. The van der Waals surface area contributed by atoms with Crippen LogP contribution in [0.25, 0.3) is 0 Å². The van der Waals surface area contributed by atoms with E-state index in [4.69, 9.17) is 0 Å². The van der Waals surface area contributed by atoms with Crippen LogP contribution in [0.2, 0.25) is 0 Å². The van der Waals surface area contributed by atoms with Crippen LogP contribution in [0.15, 0.2) is 0 Å². The SMILES string of the molecule is CC1CCCCCC1NC(=O)C1CCCCCN1. The van der Waals surface area contributed by atoms with E-state index in [0.29, 0.717) is 12.0 Å². The summed E-state index contributed by atoms with van der Waals surface area (Å²) >= 11 is 0. The zero-order valence-electron chi connectivity index (χ0n) is 11.7. The van der Waals surface area contributed by atoms with E-state index in [1.807, 2.05) is 0 Å². The molecule has 0 radical (unpaired) electrons. The Morgan fingerprint density at radius 1 is 1.00 bits per heavy atom. The first-order valence-corrected chi connectivity index (χ1v) is 7.81. The summed E-state index contributed by atoms with van der Waals surface area (Å²) in [5.41, 5.74) is 0. The molecule has 1 saturated carbocycles. The summed E-state index contributed by atoms with van der Waals surface area (Å²) in [6, 6.07) is 0.466. The van der Waals surface area contributed by atoms with Gasteiger partial charge in [0, 0.05) is 6.04 Å². The van der Waals surface area contributed by atoms with Crippen LogP contribution in [0.3, 0.4) is 0 Å². The standard InChI is InChI=1S/C15H28N2O/c1-12-8-4-2-5-9-13(12)17-15(18)14-10-6-3-7-11-16-14/h12-14,16H,2-11H2,1H3,(H,17,18). The highest BCUT2D eigenvalue weighted by atomic mass is 16.2. The van der Waals surface area contributed by atoms with Crippen molar-refractivity contribution >= 4 is 5.91 Å². The number of carbonyl (C=O) groups is 1. The summed E-state index contributed by atoms with van der Waals surface area (Å²) < 4.78 is 0. The topological polar surface area (TPSA) is 41.1 Å². The second-order valence-electron chi connectivity index (χ2n) is 6.09. The smallest absolute Gasteiger partial charge is 0.237 e. The average Bonchev–Trinajstić information content (AvgIpc) is 2.73. The second kappa shape index (κ2) is 7.13. The van der Waals surface area contributed by atoms with Gasteiger partial charge in [0.15, 0.2) is 0 Å². The normalized spacial score (nSPS) is 34.4. The Balaban J connectivity index is 1.84. The maximum absolute atomic E-state index is 12.3. The van der Waals surface area contributed by atoms with E-state index in [1.54, 1.807) is 0 Å². The van der Waals surface area contributed by atoms with Gasteiger partial charge in [-0.3, -0.25) is 4.79 Å². The van der Waals surface area contributed by atoms with Gasteiger partial charge in [0.05, 0.1) is 6.04 Å². The van der Waals surface area contributed by atoms with Crippen LogP contribution in [0.1, 0.15) is 64.7 Å². The molecule has 1 amide bonds. The van der Waals surface area contributed by atoms with Gasteiger partial charge in [0.1, 0.15) is 0 Å². The minimum absolute atomic E-state index is 0.0583. The zero-order chi connectivity index (χ0) is 12.8. The first-order valence-electron chi connectivity index (χ1n) is 7.81. The molecular weight excluding hydrogens is 224 g/mol. The molecule has 1 saturated heterocycles. The number of nitrogens with one attached hydrogen (secondary N) is 2. The van der Waals surface area contributed by atoms with Crippen molar-refractivity contribution in [2.75, 3.05) is 6.54 Å². The van der Waals surface area contributed by atoms with Gasteiger partial charge in [0.2, 0.25) is 5.91 Å². The summed E-state index contributed by atoms with van der Waals surface area (Å²) in [5, 5.41) is 6.69. The maximum Gasteiger partial charge on any atom is 0.237 e. The lowest BCUT2D eigenvalue weighted by Crippen LogP contribution is -2.49. The molecule has 2 rings (SSSR count). The fourth-order valence-electron chi connectivity index (χ4n) is 3.24. The van der Waals surface area contributed by atoms with Crippen molar-refractivity contribution in [2.45, 2.75) is 76.8 Å². The van der Waals surface area contributed by atoms with Crippen molar-refractivity contribution in [3.8, 4) is 0 Å². The van der Waals surface area contributed by atoms with Crippen LogP contribution >= 0.6 is 0 Å². The Morgan fingerprint density at radius 2 is 1.72 bits per heavy atom. The molecule has 3 heteroatoms. The second-order valence-corrected chi connectivity index (χ2v) is 6.09. The Hall–Kier alpha value is -0.570. The monoisotopic (exact) mass is 252 g/mol. The molecule has 3 nitrogen and oxygen atoms in total. The van der Waals surface area contributed by atoms with Gasteiger partial charge in [-0.2, -0.15) is 0 Å². The molecule has 2 aliphatic rings. The Labute approximate surface area is 111 Å². The average molecular weight is 252 g/mol. The van der Waals surface area contributed by atoms with E-state index < -0.39 is 0 Å². The zero-order valence-corrected chi connectivity index (χ0v) is 11.7. The number of amides is 1. The summed E-state index contributed by atoms with van der Waals surface area (Å²) in [6.45, 7) is 3.29. The molecule has 104 valence electrons. The highest BCUT2D eigenvalue weighted by molar-refractivity contribution is 5.82. The van der Waals surface area contributed by atoms with Crippen LogP contribution in [0.4, 0.5) is 0 Å². The Morgan fingerprint density at radius 3 is 2.61 bits per heavy atom. The van der Waals surface area contributed by atoms with E-state index in [9.17, 15) is 4.79 Å². The molecule has 3 unspecified atom stereocenters. The van der Waals surface area contributed by atoms with Crippen molar-refractivity contribution < 1.29 is 4.79 Å². The number of carbonyl (C=O) groups excluding carboxylic acids is 1. The predicted molar refractivity (Wildman–Crippen MR) is 74.4 cm³/mol. The van der Waals surface area contributed by atoms with Gasteiger partial charge < -0.3 is 10.6 Å². The first-order chi connectivity index (χ1) is 8.77. The lowest BCUT2D eigenvalue weighted by Gasteiger charge is -2.25. The van der Waals surface area contributed by atoms with Crippen LogP contribution < -0.4 is 10.6 Å². The molecule has 18 heavy (non-hydrogen) atoms. The maximum atomic E-state index is 12.3. The van der Waals surface area contributed by atoms with Gasteiger partial charge in [-0.25, -0.2) is 0 Å². The molecule has 1 heterocycles. The van der Waals surface area contributed by atoms with Gasteiger partial charge in [-0.15, -0.1) is 0 Å². The van der Waals surface area contributed by atoms with E-state index in [0.717, 1.165) is 13.0 Å². The van der Waals surface area contributed by atoms with E-state index >= 15 is 0 Å². The van der Waals surface area contributed by atoms with Crippen molar-refractivity contribution in [3.63, 3.8) is 0 Å². The minimum Gasteiger partial charge on any atom is -0.352 e. The van der Waals surface area contributed by atoms with E-state index in [-0.39, 0.29) is 11.9 Å². The number of hydrogen-bond donors (Lipinski definition) is 2. The first kappa shape index (κ1) is 13.9. The number of rotatable bonds is 2. The lowest BCUT2D eigenvalue weighted by molar-refractivity contribution is -0.124. The molecule has 0 aromatic rings. The minimum atomic E-state index is 0.0583. The Kier molecular flexibility index (Phi) is 5.48. The molecular formula is C15H28N2O. The van der Waals surface area contributed by atoms with Gasteiger partial charge in [-0.1, -0.05) is 39.0 Å². The molecule has 0 aromatic carbocycles. The third-order valence-corrected chi connectivity index (χ3v) is 4.57. The fraction of sp³-hybridized carbons (Fsp3) is 0.933. The molecule has 0 spiro atoms. The van der Waals surface area contributed by atoms with E-state index in [2.05, 4.69) is 17.6 Å². The van der Waals surface area contributed by atoms with Crippen LogP contribution in [-0.4, -0.2) is 24.5 Å². The van der Waals surface area contributed by atoms with Crippen LogP contribution in [-0.2, 0) is 4.79 Å². The highest BCUT2D eigenvalue weighted by Crippen LogP contribution is 2.23. The molecule has 2 fully saturated rings. The molecule has 3 atom stereocenters. The largest absolute Gasteiger partial charge is 0.352 e. The van der Waals surface area contributed by atoms with Gasteiger partial charge in [-0.05, 0) is 38.1 Å². The summed E-state index contributed by atoms with van der Waals surface area (Å²) in [5.74, 6) is 0.887. The number of hydrogen-bond acceptors (Lipinski definition) is 2.